The van der Waals surface area contributed by atoms with Crippen molar-refractivity contribution in [2.24, 2.45) is 0 Å². The topological polar surface area (TPSA) is 49.4 Å². The van der Waals surface area contributed by atoms with E-state index in [2.05, 4.69) is 21.2 Å². The largest absolute Gasteiger partial charge is 0.352 e. The Kier molecular flexibility index (Phi) is 8.04. The van der Waals surface area contributed by atoms with Gasteiger partial charge in [-0.25, -0.2) is 0 Å². The van der Waals surface area contributed by atoms with Gasteiger partial charge in [-0.05, 0) is 43.5 Å². The van der Waals surface area contributed by atoms with Crippen molar-refractivity contribution < 1.29 is 9.59 Å². The molecule has 144 valence electrons. The molecule has 0 radical (unpaired) electrons. The second kappa shape index (κ2) is 10.3. The zero-order valence-electron chi connectivity index (χ0n) is 16.1. The van der Waals surface area contributed by atoms with Crippen LogP contribution in [0.15, 0.2) is 59.1 Å². The minimum absolute atomic E-state index is 0.0621. The van der Waals surface area contributed by atoms with Gasteiger partial charge in [0.25, 0.3) is 0 Å². The molecule has 0 aliphatic rings. The van der Waals surface area contributed by atoms with Crippen molar-refractivity contribution in [2.75, 3.05) is 0 Å². The van der Waals surface area contributed by atoms with Gasteiger partial charge in [-0.2, -0.15) is 0 Å². The molecule has 0 saturated heterocycles. The van der Waals surface area contributed by atoms with Gasteiger partial charge in [0.05, 0.1) is 6.42 Å². The maximum Gasteiger partial charge on any atom is 0.242 e. The van der Waals surface area contributed by atoms with Crippen LogP contribution in [-0.4, -0.2) is 28.8 Å². The first kappa shape index (κ1) is 21.2. The molecule has 2 aromatic rings. The summed E-state index contributed by atoms with van der Waals surface area (Å²) < 4.78 is 0.951. The van der Waals surface area contributed by atoms with E-state index in [9.17, 15) is 9.59 Å². The summed E-state index contributed by atoms with van der Waals surface area (Å²) in [7, 11) is 0. The van der Waals surface area contributed by atoms with Crippen LogP contribution in [0.5, 0.6) is 0 Å². The van der Waals surface area contributed by atoms with Crippen molar-refractivity contribution >= 4 is 27.7 Å². The molecule has 2 amide bonds. The second-order valence-corrected chi connectivity index (χ2v) is 7.72. The molecule has 0 saturated carbocycles. The molecule has 0 bridgehead atoms. The molecule has 0 spiro atoms. The third-order valence-corrected chi connectivity index (χ3v) is 5.10. The van der Waals surface area contributed by atoms with Crippen molar-refractivity contribution in [2.45, 2.75) is 52.2 Å². The van der Waals surface area contributed by atoms with Crippen molar-refractivity contribution in [3.8, 4) is 0 Å². The van der Waals surface area contributed by atoms with Gasteiger partial charge in [0, 0.05) is 17.1 Å². The maximum atomic E-state index is 13.0. The SMILES string of the molecule is CC[C@@H](C)NC(=O)[C@H](C)N(Cc1cccc(Br)c1)C(=O)Cc1ccccc1. The van der Waals surface area contributed by atoms with Crippen LogP contribution in [0.2, 0.25) is 0 Å². The van der Waals surface area contributed by atoms with Crippen LogP contribution < -0.4 is 5.32 Å². The lowest BCUT2D eigenvalue weighted by atomic mass is 10.1. The minimum atomic E-state index is -0.547. The first-order chi connectivity index (χ1) is 12.9. The fraction of sp³-hybridized carbons (Fsp3) is 0.364. The monoisotopic (exact) mass is 430 g/mol. The van der Waals surface area contributed by atoms with Gasteiger partial charge in [0.2, 0.25) is 11.8 Å². The lowest BCUT2D eigenvalue weighted by Gasteiger charge is -2.30. The van der Waals surface area contributed by atoms with Crippen molar-refractivity contribution in [3.05, 3.63) is 70.2 Å². The lowest BCUT2D eigenvalue weighted by Crippen LogP contribution is -2.49. The Balaban J connectivity index is 2.21. The predicted octanol–water partition coefficient (Wildman–Crippen LogP) is 4.32. The number of amides is 2. The third-order valence-electron chi connectivity index (χ3n) is 4.61. The molecule has 27 heavy (non-hydrogen) atoms. The van der Waals surface area contributed by atoms with Crippen molar-refractivity contribution in [3.63, 3.8) is 0 Å². The summed E-state index contributed by atoms with van der Waals surface area (Å²) in [6.45, 7) is 6.17. The molecule has 2 aromatic carbocycles. The van der Waals surface area contributed by atoms with E-state index in [0.717, 1.165) is 22.0 Å². The van der Waals surface area contributed by atoms with E-state index in [0.29, 0.717) is 6.54 Å². The van der Waals surface area contributed by atoms with E-state index in [1.165, 1.54) is 0 Å². The highest BCUT2D eigenvalue weighted by Gasteiger charge is 2.26. The fourth-order valence-electron chi connectivity index (χ4n) is 2.75. The van der Waals surface area contributed by atoms with E-state index in [1.54, 1.807) is 11.8 Å². The number of nitrogens with zero attached hydrogens (tertiary/aromatic N) is 1. The van der Waals surface area contributed by atoms with Gasteiger partial charge < -0.3 is 10.2 Å². The minimum Gasteiger partial charge on any atom is -0.352 e. The molecule has 0 heterocycles. The molecule has 1 N–H and O–H groups in total. The quantitative estimate of drug-likeness (QED) is 0.677. The summed E-state index contributed by atoms with van der Waals surface area (Å²) in [5.74, 6) is -0.186. The lowest BCUT2D eigenvalue weighted by molar-refractivity contribution is -0.140. The van der Waals surface area contributed by atoms with Crippen molar-refractivity contribution in [1.82, 2.24) is 10.2 Å². The van der Waals surface area contributed by atoms with E-state index in [1.807, 2.05) is 68.4 Å². The number of hydrogen-bond donors (Lipinski definition) is 1. The number of carbonyl (C=O) groups excluding carboxylic acids is 2. The number of hydrogen-bond acceptors (Lipinski definition) is 2. The summed E-state index contributed by atoms with van der Waals surface area (Å²) >= 11 is 3.47. The zero-order chi connectivity index (χ0) is 19.8. The van der Waals surface area contributed by atoms with Crippen LogP contribution >= 0.6 is 15.9 Å². The van der Waals surface area contributed by atoms with E-state index in [4.69, 9.17) is 0 Å². The van der Waals surface area contributed by atoms with Gasteiger partial charge in [-0.3, -0.25) is 9.59 Å². The predicted molar refractivity (Wildman–Crippen MR) is 112 cm³/mol. The summed E-state index contributed by atoms with van der Waals surface area (Å²) in [6, 6.07) is 17.0. The second-order valence-electron chi connectivity index (χ2n) is 6.81. The smallest absolute Gasteiger partial charge is 0.242 e. The Labute approximate surface area is 170 Å². The van der Waals surface area contributed by atoms with E-state index < -0.39 is 6.04 Å². The van der Waals surface area contributed by atoms with Crippen LogP contribution in [0.4, 0.5) is 0 Å². The summed E-state index contributed by atoms with van der Waals surface area (Å²) in [6.07, 6.45) is 1.12. The molecule has 2 rings (SSSR count). The number of carbonyl (C=O) groups is 2. The fourth-order valence-corrected chi connectivity index (χ4v) is 3.20. The average Bonchev–Trinajstić information content (AvgIpc) is 2.66. The highest BCUT2D eigenvalue weighted by Crippen LogP contribution is 2.16. The van der Waals surface area contributed by atoms with Gasteiger partial charge in [-0.1, -0.05) is 65.3 Å². The zero-order valence-corrected chi connectivity index (χ0v) is 17.7. The van der Waals surface area contributed by atoms with Gasteiger partial charge >= 0.3 is 0 Å². The Bertz CT molecular complexity index is 764. The Hall–Kier alpha value is -2.14. The van der Waals surface area contributed by atoms with Crippen LogP contribution in [0.25, 0.3) is 0 Å². The Morgan fingerprint density at radius 2 is 1.70 bits per heavy atom. The standard InChI is InChI=1S/C22H27BrN2O2/c1-4-16(2)24-22(27)17(3)25(15-19-11-8-12-20(23)13-19)21(26)14-18-9-6-5-7-10-18/h5-13,16-17H,4,14-15H2,1-3H3,(H,24,27)/t16-,17+/m1/s1. The Morgan fingerprint density at radius 3 is 2.33 bits per heavy atom. The van der Waals surface area contributed by atoms with Gasteiger partial charge in [-0.15, -0.1) is 0 Å². The summed E-state index contributed by atoms with van der Waals surface area (Å²) in [5, 5.41) is 2.98. The first-order valence-corrected chi connectivity index (χ1v) is 10.1. The third kappa shape index (κ3) is 6.51. The molecule has 5 heteroatoms. The molecular formula is C22H27BrN2O2. The molecule has 0 aliphatic carbocycles. The molecule has 0 aromatic heterocycles. The van der Waals surface area contributed by atoms with Crippen LogP contribution in [0.3, 0.4) is 0 Å². The van der Waals surface area contributed by atoms with Gasteiger partial charge in [0.1, 0.15) is 6.04 Å². The van der Waals surface area contributed by atoms with E-state index >= 15 is 0 Å². The highest BCUT2D eigenvalue weighted by molar-refractivity contribution is 9.10. The summed E-state index contributed by atoms with van der Waals surface area (Å²) in [4.78, 5) is 27.4. The number of nitrogens with one attached hydrogen (secondary N) is 1. The number of rotatable bonds is 8. The van der Waals surface area contributed by atoms with Crippen LogP contribution in [0.1, 0.15) is 38.3 Å². The highest BCUT2D eigenvalue weighted by atomic mass is 79.9. The Morgan fingerprint density at radius 1 is 1.04 bits per heavy atom. The average molecular weight is 431 g/mol. The van der Waals surface area contributed by atoms with Crippen molar-refractivity contribution in [1.29, 1.82) is 0 Å². The maximum absolute atomic E-state index is 13.0. The molecule has 4 nitrogen and oxygen atoms in total. The summed E-state index contributed by atoms with van der Waals surface area (Å²) in [5.41, 5.74) is 1.92. The van der Waals surface area contributed by atoms with Crippen LogP contribution in [0, 0.1) is 0 Å². The number of halogens is 1. The molecule has 0 fully saturated rings. The van der Waals surface area contributed by atoms with E-state index in [-0.39, 0.29) is 24.3 Å². The molecule has 0 unspecified atom stereocenters. The molecule has 0 aliphatic heterocycles. The molecule has 2 atom stereocenters. The van der Waals surface area contributed by atoms with Crippen LogP contribution in [-0.2, 0) is 22.6 Å². The first-order valence-electron chi connectivity index (χ1n) is 9.29. The normalized spacial score (nSPS) is 12.9. The molecular weight excluding hydrogens is 404 g/mol. The van der Waals surface area contributed by atoms with Gasteiger partial charge in [0.15, 0.2) is 0 Å². The number of benzene rings is 2.